The fourth-order valence-electron chi connectivity index (χ4n) is 4.16. The number of aromatic amines is 1. The Kier molecular flexibility index (Phi) is 3.47. The predicted molar refractivity (Wildman–Crippen MR) is 102 cm³/mol. The van der Waals surface area contributed by atoms with Crippen molar-refractivity contribution in [3.63, 3.8) is 0 Å². The molecular formula is C22H21N2O2+. The Hall–Kier alpha value is -2.85. The molecule has 1 aliphatic heterocycles. The Morgan fingerprint density at radius 2 is 2.04 bits per heavy atom. The average Bonchev–Trinajstić information content (AvgIpc) is 3.02. The van der Waals surface area contributed by atoms with E-state index in [1.165, 1.54) is 27.1 Å². The van der Waals surface area contributed by atoms with Gasteiger partial charge in [-0.15, -0.1) is 0 Å². The lowest BCUT2D eigenvalue weighted by molar-refractivity contribution is -0.929. The third-order valence-corrected chi connectivity index (χ3v) is 5.50. The molecule has 4 nitrogen and oxygen atoms in total. The molecule has 4 heteroatoms. The van der Waals surface area contributed by atoms with E-state index in [1.54, 1.807) is 6.26 Å². The van der Waals surface area contributed by atoms with Gasteiger partial charge in [0.05, 0.1) is 23.2 Å². The quantitative estimate of drug-likeness (QED) is 0.587. The molecule has 1 unspecified atom stereocenters. The number of para-hydroxylation sites is 1. The number of hydrogen-bond acceptors (Lipinski definition) is 2. The molecular weight excluding hydrogens is 324 g/mol. The van der Waals surface area contributed by atoms with Crippen molar-refractivity contribution in [2.45, 2.75) is 26.4 Å². The normalized spacial score (nSPS) is 16.9. The maximum absolute atomic E-state index is 12.9. The van der Waals surface area contributed by atoms with Gasteiger partial charge in [-0.25, -0.2) is 0 Å². The van der Waals surface area contributed by atoms with Crippen molar-refractivity contribution < 1.29 is 9.32 Å². The number of rotatable bonds is 2. The Labute approximate surface area is 151 Å². The second-order valence-electron chi connectivity index (χ2n) is 7.32. The first-order chi connectivity index (χ1) is 12.7. The van der Waals surface area contributed by atoms with Gasteiger partial charge in [0, 0.05) is 17.3 Å². The van der Waals surface area contributed by atoms with Crippen LogP contribution in [0.1, 0.15) is 22.4 Å². The zero-order valence-electron chi connectivity index (χ0n) is 14.8. The van der Waals surface area contributed by atoms with Crippen molar-refractivity contribution in [2.75, 3.05) is 6.54 Å². The van der Waals surface area contributed by atoms with E-state index in [1.807, 2.05) is 25.1 Å². The van der Waals surface area contributed by atoms with Crippen LogP contribution in [0.15, 0.2) is 57.9 Å². The van der Waals surface area contributed by atoms with Crippen LogP contribution in [0, 0.1) is 6.92 Å². The number of benzene rings is 2. The van der Waals surface area contributed by atoms with Crippen LogP contribution in [0.25, 0.3) is 21.9 Å². The van der Waals surface area contributed by atoms with Gasteiger partial charge >= 0.3 is 0 Å². The summed E-state index contributed by atoms with van der Waals surface area (Å²) in [5, 5.41) is 2.02. The van der Waals surface area contributed by atoms with Gasteiger partial charge in [0.25, 0.3) is 0 Å². The lowest BCUT2D eigenvalue weighted by atomic mass is 10.0. The molecule has 2 aromatic heterocycles. The smallest absolute Gasteiger partial charge is 0.201 e. The molecule has 2 N–H and O–H groups in total. The van der Waals surface area contributed by atoms with E-state index in [2.05, 4.69) is 29.2 Å². The molecule has 5 rings (SSSR count). The summed E-state index contributed by atoms with van der Waals surface area (Å²) >= 11 is 0. The number of hydrogen-bond donors (Lipinski definition) is 2. The fraction of sp³-hybridized carbons (Fsp3) is 0.227. The molecule has 0 saturated carbocycles. The summed E-state index contributed by atoms with van der Waals surface area (Å²) in [6.45, 7) is 4.63. The van der Waals surface area contributed by atoms with E-state index in [4.69, 9.17) is 4.42 Å². The van der Waals surface area contributed by atoms with E-state index < -0.39 is 0 Å². The molecule has 130 valence electrons. The van der Waals surface area contributed by atoms with Gasteiger partial charge in [0.15, 0.2) is 0 Å². The first-order valence-electron chi connectivity index (χ1n) is 9.12. The molecule has 1 aliphatic rings. The second-order valence-corrected chi connectivity index (χ2v) is 7.32. The van der Waals surface area contributed by atoms with Gasteiger partial charge in [-0.3, -0.25) is 4.79 Å². The fourth-order valence-corrected chi connectivity index (χ4v) is 4.16. The van der Waals surface area contributed by atoms with Crippen LogP contribution in [0.5, 0.6) is 0 Å². The van der Waals surface area contributed by atoms with Gasteiger partial charge in [0.2, 0.25) is 5.43 Å². The summed E-state index contributed by atoms with van der Waals surface area (Å²) in [6, 6.07) is 14.3. The summed E-state index contributed by atoms with van der Waals surface area (Å²) in [5.74, 6) is 0. The minimum Gasteiger partial charge on any atom is -0.464 e. The van der Waals surface area contributed by atoms with Crippen LogP contribution in [-0.4, -0.2) is 11.5 Å². The Morgan fingerprint density at radius 3 is 2.96 bits per heavy atom. The summed E-state index contributed by atoms with van der Waals surface area (Å²) in [5.41, 5.74) is 6.55. The maximum atomic E-state index is 12.9. The van der Waals surface area contributed by atoms with Crippen molar-refractivity contribution in [1.82, 2.24) is 4.98 Å². The largest absolute Gasteiger partial charge is 0.464 e. The van der Waals surface area contributed by atoms with Crippen molar-refractivity contribution >= 4 is 21.9 Å². The van der Waals surface area contributed by atoms with E-state index >= 15 is 0 Å². The van der Waals surface area contributed by atoms with E-state index in [-0.39, 0.29) is 5.43 Å². The highest BCUT2D eigenvalue weighted by atomic mass is 16.3. The molecule has 1 atom stereocenters. The zero-order chi connectivity index (χ0) is 17.7. The van der Waals surface area contributed by atoms with Crippen molar-refractivity contribution in [3.05, 3.63) is 81.3 Å². The van der Waals surface area contributed by atoms with Crippen LogP contribution in [0.4, 0.5) is 0 Å². The first-order valence-corrected chi connectivity index (χ1v) is 9.12. The van der Waals surface area contributed by atoms with Crippen LogP contribution >= 0.6 is 0 Å². The van der Waals surface area contributed by atoms with Crippen LogP contribution in [-0.2, 0) is 19.5 Å². The van der Waals surface area contributed by atoms with Gasteiger partial charge in [-0.1, -0.05) is 29.8 Å². The third kappa shape index (κ3) is 2.45. The minimum atomic E-state index is 0.102. The molecule has 0 amide bonds. The van der Waals surface area contributed by atoms with Crippen molar-refractivity contribution in [3.8, 4) is 0 Å². The Morgan fingerprint density at radius 1 is 1.15 bits per heavy atom. The molecule has 0 aliphatic carbocycles. The van der Waals surface area contributed by atoms with Gasteiger partial charge in [-0.2, -0.15) is 0 Å². The SMILES string of the molecule is Cc1ccc2occ(C[NH+]3CCc4c([nH]c5ccccc45)C3)c(=O)c2c1. The number of aryl methyl sites for hydroxylation is 1. The van der Waals surface area contributed by atoms with Crippen LogP contribution in [0.2, 0.25) is 0 Å². The Bertz CT molecular complexity index is 1190. The lowest BCUT2D eigenvalue weighted by Crippen LogP contribution is -3.10. The molecule has 0 bridgehead atoms. The monoisotopic (exact) mass is 345 g/mol. The van der Waals surface area contributed by atoms with E-state index in [0.717, 1.165) is 30.6 Å². The number of aromatic nitrogens is 1. The minimum absolute atomic E-state index is 0.102. The van der Waals surface area contributed by atoms with Crippen molar-refractivity contribution in [2.24, 2.45) is 0 Å². The topological polar surface area (TPSA) is 50.4 Å². The second kappa shape index (κ2) is 5.85. The van der Waals surface area contributed by atoms with E-state index in [0.29, 0.717) is 17.5 Å². The molecule has 4 aromatic rings. The maximum Gasteiger partial charge on any atom is 0.201 e. The van der Waals surface area contributed by atoms with Gasteiger partial charge in [-0.05, 0) is 30.7 Å². The molecule has 0 spiro atoms. The number of nitrogens with one attached hydrogen (secondary N) is 2. The zero-order valence-corrected chi connectivity index (χ0v) is 14.8. The summed E-state index contributed by atoms with van der Waals surface area (Å²) in [4.78, 5) is 17.8. The average molecular weight is 345 g/mol. The number of fused-ring (bicyclic) bond motifs is 4. The lowest BCUT2D eigenvalue weighted by Gasteiger charge is -2.23. The molecule has 3 heterocycles. The predicted octanol–water partition coefficient (Wildman–Crippen LogP) is 2.72. The summed E-state index contributed by atoms with van der Waals surface area (Å²) < 4.78 is 5.72. The molecule has 26 heavy (non-hydrogen) atoms. The Balaban J connectivity index is 1.46. The summed E-state index contributed by atoms with van der Waals surface area (Å²) in [7, 11) is 0. The van der Waals surface area contributed by atoms with Crippen LogP contribution < -0.4 is 10.3 Å². The molecule has 0 radical (unpaired) electrons. The van der Waals surface area contributed by atoms with E-state index in [9.17, 15) is 4.79 Å². The van der Waals surface area contributed by atoms with Gasteiger partial charge in [0.1, 0.15) is 24.9 Å². The van der Waals surface area contributed by atoms with Crippen LogP contribution in [0.3, 0.4) is 0 Å². The third-order valence-electron chi connectivity index (χ3n) is 5.50. The first kappa shape index (κ1) is 15.4. The highest BCUT2D eigenvalue weighted by Crippen LogP contribution is 2.23. The summed E-state index contributed by atoms with van der Waals surface area (Å²) in [6.07, 6.45) is 2.68. The van der Waals surface area contributed by atoms with Crippen molar-refractivity contribution in [1.29, 1.82) is 0 Å². The molecule has 0 fully saturated rings. The highest BCUT2D eigenvalue weighted by Gasteiger charge is 2.24. The highest BCUT2D eigenvalue weighted by molar-refractivity contribution is 5.84. The molecule has 0 saturated heterocycles. The standard InChI is InChI=1S/C22H20N2O2/c1-14-6-7-21-18(10-14)22(25)15(13-26-21)11-24-9-8-17-16-4-2-3-5-19(16)23-20(17)12-24/h2-7,10,13,23H,8-9,11-12H2,1H3/p+1. The number of H-pyrrole nitrogens is 1. The number of quaternary nitrogens is 1. The molecule has 2 aromatic carbocycles. The van der Waals surface area contributed by atoms with Gasteiger partial charge < -0.3 is 14.3 Å².